The summed E-state index contributed by atoms with van der Waals surface area (Å²) in [4.78, 5) is 25.4. The molecule has 0 radical (unpaired) electrons. The lowest BCUT2D eigenvalue weighted by atomic mass is 10.2. The third-order valence-electron chi connectivity index (χ3n) is 3.91. The number of carbonyl (C=O) groups is 2. The number of halogens is 2. The molecule has 1 aliphatic rings. The first-order valence-electron chi connectivity index (χ1n) is 8.81. The van der Waals surface area contributed by atoms with Gasteiger partial charge in [-0.2, -0.15) is 13.9 Å². The van der Waals surface area contributed by atoms with Crippen molar-refractivity contribution in [2.45, 2.75) is 39.2 Å². The number of hydrogen-bond acceptors (Lipinski definition) is 5. The molecule has 7 nitrogen and oxygen atoms in total. The van der Waals surface area contributed by atoms with Crippen LogP contribution >= 0.6 is 0 Å². The summed E-state index contributed by atoms with van der Waals surface area (Å²) in [6.45, 7) is -0.575. The number of para-hydroxylation sites is 1. The Hall–Kier alpha value is -2.71. The molecule has 9 heteroatoms. The number of hydrazone groups is 1. The van der Waals surface area contributed by atoms with Crippen LogP contribution in [0.15, 0.2) is 23.3 Å². The molecule has 0 aliphatic carbocycles. The van der Waals surface area contributed by atoms with Gasteiger partial charge in [-0.3, -0.25) is 9.59 Å². The third-order valence-corrected chi connectivity index (χ3v) is 3.91. The lowest BCUT2D eigenvalue weighted by Gasteiger charge is -2.18. The van der Waals surface area contributed by atoms with Crippen molar-refractivity contribution in [2.24, 2.45) is 5.10 Å². The molecule has 27 heavy (non-hydrogen) atoms. The van der Waals surface area contributed by atoms with Gasteiger partial charge in [0.05, 0.1) is 12.8 Å². The molecule has 2 amide bonds. The Morgan fingerprint density at radius 2 is 2.19 bits per heavy atom. The van der Waals surface area contributed by atoms with Gasteiger partial charge in [-0.25, -0.2) is 5.43 Å². The number of benzene rings is 1. The van der Waals surface area contributed by atoms with Crippen LogP contribution in [0.5, 0.6) is 11.5 Å². The molecular formula is C18H23F2N3O4. The highest BCUT2D eigenvalue weighted by Crippen LogP contribution is 2.31. The summed E-state index contributed by atoms with van der Waals surface area (Å²) >= 11 is 0. The van der Waals surface area contributed by atoms with E-state index >= 15 is 0 Å². The summed E-state index contributed by atoms with van der Waals surface area (Å²) < 4.78 is 35.1. The Morgan fingerprint density at radius 1 is 1.37 bits per heavy atom. The molecule has 0 aromatic heterocycles. The predicted octanol–water partition coefficient (Wildman–Crippen LogP) is 2.54. The van der Waals surface area contributed by atoms with E-state index in [1.165, 1.54) is 23.2 Å². The first-order chi connectivity index (χ1) is 13.0. The zero-order chi connectivity index (χ0) is 19.6. The molecule has 0 unspecified atom stereocenters. The summed E-state index contributed by atoms with van der Waals surface area (Å²) in [5.74, 6) is -0.513. The first-order valence-corrected chi connectivity index (χ1v) is 8.81. The van der Waals surface area contributed by atoms with Gasteiger partial charge in [0.25, 0.3) is 5.91 Å². The van der Waals surface area contributed by atoms with E-state index in [0.29, 0.717) is 13.0 Å². The van der Waals surface area contributed by atoms with Gasteiger partial charge in [-0.1, -0.05) is 12.5 Å². The zero-order valence-corrected chi connectivity index (χ0v) is 15.1. The number of ether oxygens (including phenoxy) is 2. The van der Waals surface area contributed by atoms with Crippen LogP contribution in [0.3, 0.4) is 0 Å². The molecule has 0 bridgehead atoms. The molecule has 1 saturated heterocycles. The number of amides is 2. The normalized spacial score (nSPS) is 15.1. The molecule has 1 fully saturated rings. The van der Waals surface area contributed by atoms with E-state index in [2.05, 4.69) is 15.3 Å². The average molecular weight is 383 g/mol. The van der Waals surface area contributed by atoms with E-state index in [0.717, 1.165) is 19.3 Å². The highest BCUT2D eigenvalue weighted by Gasteiger charge is 2.19. The highest BCUT2D eigenvalue weighted by atomic mass is 19.3. The molecule has 0 saturated carbocycles. The summed E-state index contributed by atoms with van der Waals surface area (Å²) in [6, 6.07) is 4.61. The smallest absolute Gasteiger partial charge is 0.387 e. The second-order valence-corrected chi connectivity index (χ2v) is 5.91. The van der Waals surface area contributed by atoms with Crippen molar-refractivity contribution in [1.29, 1.82) is 0 Å². The van der Waals surface area contributed by atoms with Crippen LogP contribution in [0, 0.1) is 0 Å². The van der Waals surface area contributed by atoms with Crippen LogP contribution in [-0.2, 0) is 9.59 Å². The Balaban J connectivity index is 2.01. The second-order valence-electron chi connectivity index (χ2n) is 5.91. The Bertz CT molecular complexity index is 683. The van der Waals surface area contributed by atoms with Gasteiger partial charge < -0.3 is 14.4 Å². The standard InChI is InChI=1S/C18H23F2N3O4/c1-2-26-14-8-6-7-13(17(14)27-18(19)20)11-21-22-15(24)12-23-10-5-3-4-9-16(23)25/h6-8,11,18H,2-5,9-10,12H2,1H3,(H,22,24)/b21-11-. The first kappa shape index (κ1) is 20.6. The van der Waals surface area contributed by atoms with Crippen molar-refractivity contribution >= 4 is 18.0 Å². The minimum atomic E-state index is -3.03. The van der Waals surface area contributed by atoms with Gasteiger partial charge in [-0.15, -0.1) is 0 Å². The fourth-order valence-electron chi connectivity index (χ4n) is 2.71. The van der Waals surface area contributed by atoms with Gasteiger partial charge in [-0.05, 0) is 31.9 Å². The van der Waals surface area contributed by atoms with Crippen LogP contribution in [-0.4, -0.2) is 49.2 Å². The molecule has 1 aliphatic heterocycles. The minimum Gasteiger partial charge on any atom is -0.490 e. The molecule has 148 valence electrons. The topological polar surface area (TPSA) is 80.2 Å². The summed E-state index contributed by atoms with van der Waals surface area (Å²) in [7, 11) is 0. The van der Waals surface area contributed by atoms with Gasteiger partial charge in [0.1, 0.15) is 6.54 Å². The van der Waals surface area contributed by atoms with Crippen molar-refractivity contribution in [3.63, 3.8) is 0 Å². The lowest BCUT2D eigenvalue weighted by Crippen LogP contribution is -2.39. The molecule has 1 N–H and O–H groups in total. The summed E-state index contributed by atoms with van der Waals surface area (Å²) in [6.07, 6.45) is 4.29. The van der Waals surface area contributed by atoms with Crippen LogP contribution < -0.4 is 14.9 Å². The second kappa shape index (κ2) is 10.4. The number of alkyl halides is 2. The van der Waals surface area contributed by atoms with E-state index < -0.39 is 12.5 Å². The number of hydrogen-bond donors (Lipinski definition) is 1. The van der Waals surface area contributed by atoms with Crippen molar-refractivity contribution < 1.29 is 27.8 Å². The quantitative estimate of drug-likeness (QED) is 0.553. The molecule has 2 rings (SSSR count). The Labute approximate surface area is 156 Å². The van der Waals surface area contributed by atoms with Crippen molar-refractivity contribution in [3.05, 3.63) is 23.8 Å². The number of nitrogens with zero attached hydrogens (tertiary/aromatic N) is 2. The predicted molar refractivity (Wildman–Crippen MR) is 95.0 cm³/mol. The minimum absolute atomic E-state index is 0.0522. The maximum absolute atomic E-state index is 12.7. The van der Waals surface area contributed by atoms with E-state index in [4.69, 9.17) is 4.74 Å². The largest absolute Gasteiger partial charge is 0.490 e. The number of nitrogens with one attached hydrogen (secondary N) is 1. The van der Waals surface area contributed by atoms with Crippen LogP contribution in [0.2, 0.25) is 0 Å². The third kappa shape index (κ3) is 6.50. The van der Waals surface area contributed by atoms with E-state index in [1.54, 1.807) is 13.0 Å². The fraction of sp³-hybridized carbons (Fsp3) is 0.500. The lowest BCUT2D eigenvalue weighted by molar-refractivity contribution is -0.135. The Morgan fingerprint density at radius 3 is 2.93 bits per heavy atom. The molecule has 1 aromatic carbocycles. The highest BCUT2D eigenvalue weighted by molar-refractivity contribution is 5.88. The van der Waals surface area contributed by atoms with Gasteiger partial charge in [0.15, 0.2) is 11.5 Å². The molecule has 0 spiro atoms. The molecule has 1 heterocycles. The van der Waals surface area contributed by atoms with Crippen LogP contribution in [0.1, 0.15) is 38.2 Å². The SMILES string of the molecule is CCOc1cccc(/C=N\NC(=O)CN2CCCCCC2=O)c1OC(F)F. The maximum Gasteiger partial charge on any atom is 0.387 e. The molecule has 0 atom stereocenters. The fourth-order valence-corrected chi connectivity index (χ4v) is 2.71. The maximum atomic E-state index is 12.7. The van der Waals surface area contributed by atoms with E-state index in [1.807, 2.05) is 0 Å². The summed E-state index contributed by atoms with van der Waals surface area (Å²) in [5, 5.41) is 3.78. The number of likely N-dealkylation sites (tertiary alicyclic amines) is 1. The Kier molecular flexibility index (Phi) is 7.97. The van der Waals surface area contributed by atoms with E-state index in [-0.39, 0.29) is 36.1 Å². The number of rotatable bonds is 8. The monoisotopic (exact) mass is 383 g/mol. The van der Waals surface area contributed by atoms with Crippen molar-refractivity contribution in [1.82, 2.24) is 10.3 Å². The van der Waals surface area contributed by atoms with Gasteiger partial charge in [0.2, 0.25) is 5.91 Å². The average Bonchev–Trinajstić information content (AvgIpc) is 2.82. The van der Waals surface area contributed by atoms with Gasteiger partial charge >= 0.3 is 6.61 Å². The van der Waals surface area contributed by atoms with E-state index in [9.17, 15) is 18.4 Å². The van der Waals surface area contributed by atoms with Crippen LogP contribution in [0.25, 0.3) is 0 Å². The van der Waals surface area contributed by atoms with Gasteiger partial charge in [0, 0.05) is 18.5 Å². The number of carbonyl (C=O) groups excluding carboxylic acids is 2. The van der Waals surface area contributed by atoms with Crippen molar-refractivity contribution in [2.75, 3.05) is 19.7 Å². The van der Waals surface area contributed by atoms with Crippen LogP contribution in [0.4, 0.5) is 8.78 Å². The molecule has 1 aromatic rings. The van der Waals surface area contributed by atoms with Crippen molar-refractivity contribution in [3.8, 4) is 11.5 Å². The zero-order valence-electron chi connectivity index (χ0n) is 15.1. The molecular weight excluding hydrogens is 360 g/mol. The summed E-state index contributed by atoms with van der Waals surface area (Å²) in [5.41, 5.74) is 2.53.